The Kier molecular flexibility index (Phi) is 3.42. The Labute approximate surface area is 87.3 Å². The number of hydrogen-bond donors (Lipinski definition) is 1. The molecule has 3 heteroatoms. The van der Waals surface area contributed by atoms with E-state index in [1.54, 1.807) is 0 Å². The Morgan fingerprint density at radius 1 is 1.07 bits per heavy atom. The van der Waals surface area contributed by atoms with Crippen molar-refractivity contribution in [3.63, 3.8) is 0 Å². The average molecular weight is 204 g/mol. The molecule has 0 atom stereocenters. The van der Waals surface area contributed by atoms with Crippen LogP contribution < -0.4 is 0 Å². The van der Waals surface area contributed by atoms with Crippen LogP contribution in [0.2, 0.25) is 0 Å². The molecule has 0 aliphatic carbocycles. The highest BCUT2D eigenvalue weighted by molar-refractivity contribution is 5.84. The first-order chi connectivity index (χ1) is 6.75. The lowest BCUT2D eigenvalue weighted by molar-refractivity contribution is -0.136. The van der Waals surface area contributed by atoms with E-state index in [-0.39, 0.29) is 11.9 Å². The number of fused-ring (bicyclic) bond motifs is 1. The summed E-state index contributed by atoms with van der Waals surface area (Å²) in [6.07, 6.45) is 0.0881. The van der Waals surface area contributed by atoms with Gasteiger partial charge in [-0.3, -0.25) is 4.79 Å². The maximum Gasteiger partial charge on any atom is 0.307 e. The molecule has 2 rings (SSSR count). The van der Waals surface area contributed by atoms with Gasteiger partial charge in [0.25, 0.3) is 0 Å². The minimum absolute atomic E-state index is 0. The van der Waals surface area contributed by atoms with Crippen LogP contribution in [-0.4, -0.2) is 16.6 Å². The summed E-state index contributed by atoms with van der Waals surface area (Å²) < 4.78 is 0. The second-order valence-electron chi connectivity index (χ2n) is 3.25. The van der Waals surface area contributed by atoms with Crippen LogP contribution in [0.1, 0.15) is 5.56 Å². The first kappa shape index (κ1) is 11.2. The van der Waals surface area contributed by atoms with Crippen LogP contribution in [0.25, 0.3) is 10.8 Å². The third-order valence-corrected chi connectivity index (χ3v) is 2.17. The smallest absolute Gasteiger partial charge is 0.307 e. The molecule has 0 heterocycles. The second-order valence-corrected chi connectivity index (χ2v) is 3.25. The lowest BCUT2D eigenvalue weighted by Gasteiger charge is -2.00. The van der Waals surface area contributed by atoms with Crippen molar-refractivity contribution in [3.8, 4) is 0 Å². The van der Waals surface area contributed by atoms with Gasteiger partial charge >= 0.3 is 5.97 Å². The second kappa shape index (κ2) is 4.57. The fourth-order valence-corrected chi connectivity index (χ4v) is 1.52. The molecule has 2 aromatic carbocycles. The molecule has 78 valence electrons. The van der Waals surface area contributed by atoms with Crippen molar-refractivity contribution >= 4 is 16.7 Å². The topological polar surface area (TPSA) is 68.8 Å². The zero-order valence-electron chi connectivity index (χ0n) is 8.10. The maximum atomic E-state index is 10.5. The van der Waals surface area contributed by atoms with Gasteiger partial charge in [-0.25, -0.2) is 0 Å². The third kappa shape index (κ3) is 2.54. The van der Waals surface area contributed by atoms with E-state index in [4.69, 9.17) is 5.11 Å². The molecule has 0 saturated carbocycles. The first-order valence-electron chi connectivity index (χ1n) is 4.45. The molecule has 0 aliphatic heterocycles. The Hall–Kier alpha value is -1.87. The van der Waals surface area contributed by atoms with Crippen LogP contribution in [0.4, 0.5) is 0 Å². The molecule has 3 N–H and O–H groups in total. The molecule has 0 aliphatic rings. The largest absolute Gasteiger partial charge is 0.481 e. The molecule has 0 fully saturated rings. The molecule has 15 heavy (non-hydrogen) atoms. The number of rotatable bonds is 2. The Balaban J connectivity index is 0.00000112. The van der Waals surface area contributed by atoms with Gasteiger partial charge in [-0.05, 0) is 16.3 Å². The van der Waals surface area contributed by atoms with Crippen molar-refractivity contribution < 1.29 is 15.4 Å². The van der Waals surface area contributed by atoms with E-state index in [2.05, 4.69) is 0 Å². The molecular weight excluding hydrogens is 192 g/mol. The zero-order valence-corrected chi connectivity index (χ0v) is 8.10. The normalized spacial score (nSPS) is 9.60. The summed E-state index contributed by atoms with van der Waals surface area (Å²) >= 11 is 0. The van der Waals surface area contributed by atoms with Crippen molar-refractivity contribution in [2.45, 2.75) is 6.42 Å². The van der Waals surface area contributed by atoms with Gasteiger partial charge in [0.2, 0.25) is 0 Å². The van der Waals surface area contributed by atoms with E-state index in [1.807, 2.05) is 42.5 Å². The molecule has 0 radical (unpaired) electrons. The number of carboxylic acids is 1. The highest BCUT2D eigenvalue weighted by Gasteiger charge is 2.00. The highest BCUT2D eigenvalue weighted by atomic mass is 16.4. The van der Waals surface area contributed by atoms with Crippen molar-refractivity contribution in [1.82, 2.24) is 0 Å². The van der Waals surface area contributed by atoms with Gasteiger partial charge < -0.3 is 10.6 Å². The van der Waals surface area contributed by atoms with Crippen LogP contribution in [0, 0.1) is 0 Å². The van der Waals surface area contributed by atoms with E-state index >= 15 is 0 Å². The van der Waals surface area contributed by atoms with Crippen molar-refractivity contribution in [3.05, 3.63) is 48.0 Å². The van der Waals surface area contributed by atoms with Gasteiger partial charge in [0, 0.05) is 0 Å². The monoisotopic (exact) mass is 204 g/mol. The van der Waals surface area contributed by atoms with Gasteiger partial charge in [-0.2, -0.15) is 0 Å². The quantitative estimate of drug-likeness (QED) is 0.807. The summed E-state index contributed by atoms with van der Waals surface area (Å²) in [4.78, 5) is 10.5. The van der Waals surface area contributed by atoms with Crippen molar-refractivity contribution in [2.24, 2.45) is 0 Å². The summed E-state index contributed by atoms with van der Waals surface area (Å²) in [5, 5.41) is 10.9. The summed E-state index contributed by atoms with van der Waals surface area (Å²) in [5.41, 5.74) is 0.844. The summed E-state index contributed by atoms with van der Waals surface area (Å²) in [5.74, 6) is -0.791. The van der Waals surface area contributed by atoms with Gasteiger partial charge in [0.05, 0.1) is 6.42 Å². The SMILES string of the molecule is O.O=C(O)Cc1ccc2ccccc2c1. The standard InChI is InChI=1S/C12H10O2.H2O/c13-12(14)8-9-5-6-10-3-1-2-4-11(10)7-9;/h1-7H,8H2,(H,13,14);1H2. The molecule has 0 aromatic heterocycles. The van der Waals surface area contributed by atoms with Crippen molar-refractivity contribution in [2.75, 3.05) is 0 Å². The minimum atomic E-state index is -0.791. The summed E-state index contributed by atoms with van der Waals surface area (Å²) in [6, 6.07) is 13.7. The molecule has 0 amide bonds. The van der Waals surface area contributed by atoms with Gasteiger partial charge in [-0.1, -0.05) is 42.5 Å². The van der Waals surface area contributed by atoms with Crippen LogP contribution >= 0.6 is 0 Å². The molecule has 0 spiro atoms. The zero-order chi connectivity index (χ0) is 9.97. The number of carbonyl (C=O) groups is 1. The highest BCUT2D eigenvalue weighted by Crippen LogP contribution is 2.15. The number of benzene rings is 2. The van der Waals surface area contributed by atoms with E-state index in [0.29, 0.717) is 0 Å². The van der Waals surface area contributed by atoms with E-state index < -0.39 is 5.97 Å². The molecule has 0 unspecified atom stereocenters. The Morgan fingerprint density at radius 2 is 1.73 bits per heavy atom. The van der Waals surface area contributed by atoms with Gasteiger partial charge in [-0.15, -0.1) is 0 Å². The maximum absolute atomic E-state index is 10.5. The van der Waals surface area contributed by atoms with Gasteiger partial charge in [0.15, 0.2) is 0 Å². The Bertz CT molecular complexity index is 477. The molecule has 0 bridgehead atoms. The third-order valence-electron chi connectivity index (χ3n) is 2.17. The van der Waals surface area contributed by atoms with Crippen LogP contribution in [0.3, 0.4) is 0 Å². The summed E-state index contributed by atoms with van der Waals surface area (Å²) in [7, 11) is 0. The summed E-state index contributed by atoms with van der Waals surface area (Å²) in [6.45, 7) is 0. The van der Waals surface area contributed by atoms with Crippen molar-refractivity contribution in [1.29, 1.82) is 0 Å². The van der Waals surface area contributed by atoms with Gasteiger partial charge in [0.1, 0.15) is 0 Å². The predicted octanol–water partition coefficient (Wildman–Crippen LogP) is 1.64. The van der Waals surface area contributed by atoms with E-state index in [9.17, 15) is 4.79 Å². The lowest BCUT2D eigenvalue weighted by Crippen LogP contribution is -1.99. The minimum Gasteiger partial charge on any atom is -0.481 e. The fraction of sp³-hybridized carbons (Fsp3) is 0.0833. The molecule has 0 saturated heterocycles. The first-order valence-corrected chi connectivity index (χ1v) is 4.45. The predicted molar refractivity (Wildman–Crippen MR) is 58.9 cm³/mol. The number of carboxylic acid groups (broad SMARTS) is 1. The molecular formula is C12H12O3. The molecule has 3 nitrogen and oxygen atoms in total. The van der Waals surface area contributed by atoms with Crippen LogP contribution in [0.15, 0.2) is 42.5 Å². The molecule has 2 aromatic rings. The average Bonchev–Trinajstić information content (AvgIpc) is 2.17. The lowest BCUT2D eigenvalue weighted by atomic mass is 10.1. The van der Waals surface area contributed by atoms with Crippen LogP contribution in [0.5, 0.6) is 0 Å². The van der Waals surface area contributed by atoms with E-state index in [0.717, 1.165) is 16.3 Å². The van der Waals surface area contributed by atoms with Crippen LogP contribution in [-0.2, 0) is 11.2 Å². The number of aliphatic carboxylic acids is 1. The van der Waals surface area contributed by atoms with E-state index in [1.165, 1.54) is 0 Å². The fourth-order valence-electron chi connectivity index (χ4n) is 1.52. The number of hydrogen-bond acceptors (Lipinski definition) is 1. The Morgan fingerprint density at radius 3 is 2.40 bits per heavy atom.